The first kappa shape index (κ1) is 15.7. The quantitative estimate of drug-likeness (QED) is 0.785. The number of hydrogen-bond acceptors (Lipinski definition) is 4. The summed E-state index contributed by atoms with van der Waals surface area (Å²) in [6, 6.07) is 1.55. The predicted molar refractivity (Wildman–Crippen MR) is 86.7 cm³/mol. The van der Waals surface area contributed by atoms with Crippen LogP contribution in [0.25, 0.3) is 0 Å². The van der Waals surface area contributed by atoms with Gasteiger partial charge in [0.2, 0.25) is 0 Å². The fourth-order valence-corrected chi connectivity index (χ4v) is 4.36. The maximum absolute atomic E-state index is 6.04. The Balaban J connectivity index is 1.57. The Labute approximate surface area is 130 Å². The number of hydrogen-bond donors (Lipinski definition) is 0. The van der Waals surface area contributed by atoms with Gasteiger partial charge in [0.15, 0.2) is 0 Å². The van der Waals surface area contributed by atoms with Crippen molar-refractivity contribution >= 4 is 0 Å². The molecule has 0 bridgehead atoms. The third-order valence-electron chi connectivity index (χ3n) is 5.74. The highest BCUT2D eigenvalue weighted by Gasteiger charge is 2.35. The van der Waals surface area contributed by atoms with Crippen molar-refractivity contribution in [2.75, 3.05) is 52.4 Å². The number of piperazine rings is 1. The van der Waals surface area contributed by atoms with Gasteiger partial charge in [-0.05, 0) is 32.4 Å². The number of piperidine rings is 1. The van der Waals surface area contributed by atoms with Gasteiger partial charge in [-0.15, -0.1) is 0 Å². The van der Waals surface area contributed by atoms with Crippen LogP contribution in [0.4, 0.5) is 0 Å². The highest BCUT2D eigenvalue weighted by molar-refractivity contribution is 4.91. The number of rotatable bonds is 4. The van der Waals surface area contributed by atoms with Gasteiger partial charge in [-0.3, -0.25) is 14.7 Å². The van der Waals surface area contributed by atoms with E-state index < -0.39 is 0 Å². The first-order valence-corrected chi connectivity index (χ1v) is 9.12. The van der Waals surface area contributed by atoms with Crippen LogP contribution in [0.3, 0.4) is 0 Å². The molecule has 0 radical (unpaired) electrons. The normalized spacial score (nSPS) is 36.6. The highest BCUT2D eigenvalue weighted by Crippen LogP contribution is 2.25. The van der Waals surface area contributed by atoms with Crippen LogP contribution in [-0.2, 0) is 4.74 Å². The first-order valence-electron chi connectivity index (χ1n) is 9.12. The SMILES string of the molecule is CCC1CN2CCCCC2CN1CC1CN(CC)CCO1. The van der Waals surface area contributed by atoms with Crippen LogP contribution >= 0.6 is 0 Å². The maximum Gasteiger partial charge on any atom is 0.0829 e. The minimum absolute atomic E-state index is 0.419. The van der Waals surface area contributed by atoms with E-state index in [1.807, 2.05) is 0 Å². The van der Waals surface area contributed by atoms with Gasteiger partial charge >= 0.3 is 0 Å². The van der Waals surface area contributed by atoms with Gasteiger partial charge in [0.05, 0.1) is 12.7 Å². The Hall–Kier alpha value is -0.160. The third kappa shape index (κ3) is 3.79. The molecule has 0 aromatic heterocycles. The van der Waals surface area contributed by atoms with Crippen LogP contribution < -0.4 is 0 Å². The molecule has 3 unspecified atom stereocenters. The van der Waals surface area contributed by atoms with E-state index in [4.69, 9.17) is 4.74 Å². The minimum Gasteiger partial charge on any atom is -0.374 e. The van der Waals surface area contributed by atoms with Gasteiger partial charge in [0.25, 0.3) is 0 Å². The Bertz CT molecular complexity index is 325. The monoisotopic (exact) mass is 295 g/mol. The molecule has 0 aromatic rings. The predicted octanol–water partition coefficient (Wildman–Crippen LogP) is 1.66. The molecule has 3 saturated heterocycles. The number of fused-ring (bicyclic) bond motifs is 1. The molecule has 0 spiro atoms. The van der Waals surface area contributed by atoms with E-state index in [-0.39, 0.29) is 0 Å². The average molecular weight is 295 g/mol. The lowest BCUT2D eigenvalue weighted by Gasteiger charge is -2.49. The Morgan fingerprint density at radius 1 is 1.05 bits per heavy atom. The molecule has 0 aliphatic carbocycles. The van der Waals surface area contributed by atoms with Crippen molar-refractivity contribution < 1.29 is 4.74 Å². The van der Waals surface area contributed by atoms with Gasteiger partial charge in [-0.2, -0.15) is 0 Å². The van der Waals surface area contributed by atoms with Crippen molar-refractivity contribution in [2.24, 2.45) is 0 Å². The topological polar surface area (TPSA) is 19.0 Å². The summed E-state index contributed by atoms with van der Waals surface area (Å²) in [6.07, 6.45) is 5.93. The average Bonchev–Trinajstić information content (AvgIpc) is 2.54. The molecule has 122 valence electrons. The summed E-state index contributed by atoms with van der Waals surface area (Å²) in [5, 5.41) is 0. The van der Waals surface area contributed by atoms with Crippen LogP contribution in [0.2, 0.25) is 0 Å². The van der Waals surface area contributed by atoms with Gasteiger partial charge in [0, 0.05) is 44.8 Å². The van der Waals surface area contributed by atoms with Crippen LogP contribution in [0.1, 0.15) is 39.5 Å². The third-order valence-corrected chi connectivity index (χ3v) is 5.74. The van der Waals surface area contributed by atoms with E-state index in [0.717, 1.165) is 44.9 Å². The van der Waals surface area contributed by atoms with Crippen LogP contribution in [0.15, 0.2) is 0 Å². The summed E-state index contributed by atoms with van der Waals surface area (Å²) in [5.74, 6) is 0. The van der Waals surface area contributed by atoms with Crippen LogP contribution in [-0.4, -0.2) is 85.3 Å². The van der Waals surface area contributed by atoms with Crippen molar-refractivity contribution in [3.63, 3.8) is 0 Å². The standard InChI is InChI=1S/C17H33N3O/c1-3-15-11-19-8-6-5-7-16(19)12-20(15)14-17-13-18(4-2)9-10-21-17/h15-17H,3-14H2,1-2H3. The number of nitrogens with zero attached hydrogens (tertiary/aromatic N) is 3. The number of likely N-dealkylation sites (N-methyl/N-ethyl adjacent to an activating group) is 1. The zero-order valence-corrected chi connectivity index (χ0v) is 14.0. The summed E-state index contributed by atoms with van der Waals surface area (Å²) >= 11 is 0. The molecule has 3 rings (SSSR count). The molecule has 3 aliphatic heterocycles. The number of ether oxygens (including phenoxy) is 1. The Kier molecular flexibility index (Phi) is 5.54. The van der Waals surface area contributed by atoms with Gasteiger partial charge in [-0.1, -0.05) is 20.3 Å². The largest absolute Gasteiger partial charge is 0.374 e. The van der Waals surface area contributed by atoms with E-state index in [2.05, 4.69) is 28.5 Å². The summed E-state index contributed by atoms with van der Waals surface area (Å²) in [7, 11) is 0. The minimum atomic E-state index is 0.419. The van der Waals surface area contributed by atoms with Crippen molar-refractivity contribution in [2.45, 2.75) is 57.7 Å². The molecule has 0 amide bonds. The highest BCUT2D eigenvalue weighted by atomic mass is 16.5. The van der Waals surface area contributed by atoms with Crippen molar-refractivity contribution in [1.29, 1.82) is 0 Å². The van der Waals surface area contributed by atoms with Gasteiger partial charge in [0.1, 0.15) is 0 Å². The van der Waals surface area contributed by atoms with Crippen LogP contribution in [0, 0.1) is 0 Å². The molecule has 4 heteroatoms. The molecular weight excluding hydrogens is 262 g/mol. The first-order chi connectivity index (χ1) is 10.3. The zero-order valence-electron chi connectivity index (χ0n) is 14.0. The smallest absolute Gasteiger partial charge is 0.0829 e. The molecule has 0 saturated carbocycles. The lowest BCUT2D eigenvalue weighted by atomic mass is 9.95. The maximum atomic E-state index is 6.04. The van der Waals surface area contributed by atoms with Crippen molar-refractivity contribution in [3.8, 4) is 0 Å². The molecule has 4 nitrogen and oxygen atoms in total. The molecule has 0 N–H and O–H groups in total. The second-order valence-corrected chi connectivity index (χ2v) is 7.05. The van der Waals surface area contributed by atoms with E-state index in [0.29, 0.717) is 6.10 Å². The fourth-order valence-electron chi connectivity index (χ4n) is 4.36. The molecule has 3 aliphatic rings. The molecule has 3 atom stereocenters. The van der Waals surface area contributed by atoms with E-state index >= 15 is 0 Å². The van der Waals surface area contributed by atoms with E-state index in [1.54, 1.807) is 0 Å². The van der Waals surface area contributed by atoms with Crippen molar-refractivity contribution in [3.05, 3.63) is 0 Å². The molecule has 3 fully saturated rings. The number of morpholine rings is 1. The Morgan fingerprint density at radius 2 is 1.95 bits per heavy atom. The summed E-state index contributed by atoms with van der Waals surface area (Å²) < 4.78 is 6.04. The zero-order chi connectivity index (χ0) is 14.7. The molecular formula is C17H33N3O. The summed E-state index contributed by atoms with van der Waals surface area (Å²) in [6.45, 7) is 13.9. The van der Waals surface area contributed by atoms with Gasteiger partial charge < -0.3 is 4.74 Å². The van der Waals surface area contributed by atoms with Crippen LogP contribution in [0.5, 0.6) is 0 Å². The second kappa shape index (κ2) is 7.40. The summed E-state index contributed by atoms with van der Waals surface area (Å²) in [5.41, 5.74) is 0. The van der Waals surface area contributed by atoms with E-state index in [9.17, 15) is 0 Å². The fraction of sp³-hybridized carbons (Fsp3) is 1.00. The lowest BCUT2D eigenvalue weighted by Crippen LogP contribution is -2.61. The van der Waals surface area contributed by atoms with Gasteiger partial charge in [-0.25, -0.2) is 0 Å². The lowest BCUT2D eigenvalue weighted by molar-refractivity contribution is -0.0675. The van der Waals surface area contributed by atoms with Crippen molar-refractivity contribution in [1.82, 2.24) is 14.7 Å². The van der Waals surface area contributed by atoms with E-state index in [1.165, 1.54) is 45.3 Å². The second-order valence-electron chi connectivity index (χ2n) is 7.05. The molecule has 21 heavy (non-hydrogen) atoms. The Morgan fingerprint density at radius 3 is 2.76 bits per heavy atom. The molecule has 3 heterocycles. The summed E-state index contributed by atoms with van der Waals surface area (Å²) in [4.78, 5) is 8.04. The molecule has 0 aromatic carbocycles.